The Morgan fingerprint density at radius 3 is 2.35 bits per heavy atom. The second-order valence-corrected chi connectivity index (χ2v) is 7.01. The molecule has 1 aromatic rings. The standard InChI is InChI=1S/C19H27N3O3.ClH/c20-19(9-13-25-14-10-19)18(24)21-16-6-3-15(4-7-16)5-8-17(23)22-11-1-2-12-22;/h3-4,6-7H,1-2,5,8-14,20H2,(H,21,24);1H. The lowest BCUT2D eigenvalue weighted by molar-refractivity contribution is -0.130. The smallest absolute Gasteiger partial charge is 0.244 e. The first-order chi connectivity index (χ1) is 12.1. The lowest BCUT2D eigenvalue weighted by atomic mass is 9.90. The molecule has 2 heterocycles. The molecule has 0 saturated carbocycles. The minimum absolute atomic E-state index is 0. The molecule has 6 nitrogen and oxygen atoms in total. The number of halogens is 1. The van der Waals surface area contributed by atoms with E-state index in [2.05, 4.69) is 5.32 Å². The molecule has 2 aliphatic rings. The van der Waals surface area contributed by atoms with Crippen LogP contribution in [0.2, 0.25) is 0 Å². The van der Waals surface area contributed by atoms with Crippen LogP contribution in [0.5, 0.6) is 0 Å². The van der Waals surface area contributed by atoms with Crippen LogP contribution in [-0.2, 0) is 20.7 Å². The molecule has 2 fully saturated rings. The first kappa shape index (κ1) is 20.7. The van der Waals surface area contributed by atoms with Crippen molar-refractivity contribution in [1.29, 1.82) is 0 Å². The van der Waals surface area contributed by atoms with E-state index in [4.69, 9.17) is 10.5 Å². The van der Waals surface area contributed by atoms with Gasteiger partial charge in [0.25, 0.3) is 0 Å². The van der Waals surface area contributed by atoms with E-state index < -0.39 is 5.54 Å². The molecule has 1 aromatic carbocycles. The van der Waals surface area contributed by atoms with Gasteiger partial charge >= 0.3 is 0 Å². The van der Waals surface area contributed by atoms with Gasteiger partial charge in [-0.2, -0.15) is 0 Å². The third-order valence-corrected chi connectivity index (χ3v) is 5.14. The van der Waals surface area contributed by atoms with Gasteiger partial charge in [0.1, 0.15) is 5.54 Å². The zero-order valence-corrected chi connectivity index (χ0v) is 15.9. The maximum atomic E-state index is 12.4. The van der Waals surface area contributed by atoms with Crippen molar-refractivity contribution in [2.24, 2.45) is 5.73 Å². The van der Waals surface area contributed by atoms with Crippen LogP contribution >= 0.6 is 12.4 Å². The number of nitrogens with one attached hydrogen (secondary N) is 1. The highest BCUT2D eigenvalue weighted by atomic mass is 35.5. The normalized spacial score (nSPS) is 18.9. The van der Waals surface area contributed by atoms with Crippen LogP contribution in [0.4, 0.5) is 5.69 Å². The number of hydrogen-bond acceptors (Lipinski definition) is 4. The van der Waals surface area contributed by atoms with Gasteiger partial charge in [-0.25, -0.2) is 0 Å². The summed E-state index contributed by atoms with van der Waals surface area (Å²) >= 11 is 0. The lowest BCUT2D eigenvalue weighted by Gasteiger charge is -2.31. The fraction of sp³-hybridized carbons (Fsp3) is 0.579. The number of benzene rings is 1. The number of ether oxygens (including phenoxy) is 1. The number of likely N-dealkylation sites (tertiary alicyclic amines) is 1. The molecule has 144 valence electrons. The van der Waals surface area contributed by atoms with E-state index in [-0.39, 0.29) is 24.2 Å². The van der Waals surface area contributed by atoms with Crippen LogP contribution in [0.25, 0.3) is 0 Å². The molecule has 0 unspecified atom stereocenters. The van der Waals surface area contributed by atoms with Crippen molar-refractivity contribution in [1.82, 2.24) is 4.90 Å². The molecule has 3 N–H and O–H groups in total. The molecule has 2 amide bonds. The number of rotatable bonds is 5. The molecule has 2 saturated heterocycles. The molecule has 3 rings (SSSR count). The second-order valence-electron chi connectivity index (χ2n) is 7.01. The maximum absolute atomic E-state index is 12.4. The third-order valence-electron chi connectivity index (χ3n) is 5.14. The molecular formula is C19H28ClN3O3. The summed E-state index contributed by atoms with van der Waals surface area (Å²) in [5.41, 5.74) is 7.17. The average Bonchev–Trinajstić information content (AvgIpc) is 3.16. The number of nitrogens with zero attached hydrogens (tertiary/aromatic N) is 1. The Kier molecular flexibility index (Phi) is 7.43. The topological polar surface area (TPSA) is 84.7 Å². The highest BCUT2D eigenvalue weighted by molar-refractivity contribution is 5.98. The van der Waals surface area contributed by atoms with Crippen LogP contribution in [0.15, 0.2) is 24.3 Å². The summed E-state index contributed by atoms with van der Waals surface area (Å²) < 4.78 is 5.27. The number of aryl methyl sites for hydroxylation is 1. The van der Waals surface area contributed by atoms with Gasteiger partial charge in [-0.05, 0) is 49.8 Å². The van der Waals surface area contributed by atoms with Crippen LogP contribution in [0, 0.1) is 0 Å². The Hall–Kier alpha value is -1.63. The molecular weight excluding hydrogens is 354 g/mol. The lowest BCUT2D eigenvalue weighted by Crippen LogP contribution is -2.54. The zero-order chi connectivity index (χ0) is 17.7. The van der Waals surface area contributed by atoms with Crippen molar-refractivity contribution in [3.63, 3.8) is 0 Å². The quantitative estimate of drug-likeness (QED) is 0.818. The van der Waals surface area contributed by atoms with Gasteiger partial charge in [-0.3, -0.25) is 9.59 Å². The van der Waals surface area contributed by atoms with Gasteiger partial charge in [0.05, 0.1) is 0 Å². The Labute approximate surface area is 160 Å². The van der Waals surface area contributed by atoms with Crippen molar-refractivity contribution in [3.8, 4) is 0 Å². The average molecular weight is 382 g/mol. The summed E-state index contributed by atoms with van der Waals surface area (Å²) in [4.78, 5) is 26.4. The number of nitrogens with two attached hydrogens (primary N) is 1. The minimum atomic E-state index is -0.848. The monoisotopic (exact) mass is 381 g/mol. The molecule has 2 aliphatic heterocycles. The van der Waals surface area contributed by atoms with Gasteiger partial charge in [-0.15, -0.1) is 12.4 Å². The van der Waals surface area contributed by atoms with Gasteiger partial charge < -0.3 is 20.7 Å². The van der Waals surface area contributed by atoms with E-state index in [1.165, 1.54) is 0 Å². The number of carbonyl (C=O) groups excluding carboxylic acids is 2. The zero-order valence-electron chi connectivity index (χ0n) is 15.0. The summed E-state index contributed by atoms with van der Waals surface area (Å²) in [7, 11) is 0. The molecule has 26 heavy (non-hydrogen) atoms. The maximum Gasteiger partial charge on any atom is 0.244 e. The molecule has 0 aliphatic carbocycles. The molecule has 0 atom stereocenters. The van der Waals surface area contributed by atoms with Crippen LogP contribution in [0.3, 0.4) is 0 Å². The van der Waals surface area contributed by atoms with Crippen LogP contribution in [-0.4, -0.2) is 48.6 Å². The number of hydrogen-bond donors (Lipinski definition) is 2. The summed E-state index contributed by atoms with van der Waals surface area (Å²) in [6.07, 6.45) is 4.58. The molecule has 0 aromatic heterocycles. The van der Waals surface area contributed by atoms with Crippen molar-refractivity contribution in [3.05, 3.63) is 29.8 Å². The van der Waals surface area contributed by atoms with Gasteiger partial charge in [0, 0.05) is 38.4 Å². The Morgan fingerprint density at radius 1 is 1.12 bits per heavy atom. The largest absolute Gasteiger partial charge is 0.381 e. The fourth-order valence-corrected chi connectivity index (χ4v) is 3.35. The first-order valence-corrected chi connectivity index (χ1v) is 9.12. The first-order valence-electron chi connectivity index (χ1n) is 9.12. The highest BCUT2D eigenvalue weighted by Crippen LogP contribution is 2.21. The summed E-state index contributed by atoms with van der Waals surface area (Å²) in [6.45, 7) is 2.84. The van der Waals surface area contributed by atoms with Gasteiger partial charge in [-0.1, -0.05) is 12.1 Å². The van der Waals surface area contributed by atoms with E-state index >= 15 is 0 Å². The third kappa shape index (κ3) is 5.19. The SMILES string of the molecule is Cl.NC1(C(=O)Nc2ccc(CCC(=O)N3CCCC3)cc2)CCOCC1. The number of amides is 2. The molecule has 0 bridgehead atoms. The van der Waals surface area contributed by atoms with Gasteiger partial charge in [0.2, 0.25) is 11.8 Å². The van der Waals surface area contributed by atoms with E-state index in [0.29, 0.717) is 32.5 Å². The van der Waals surface area contributed by atoms with Gasteiger partial charge in [0.15, 0.2) is 0 Å². The summed E-state index contributed by atoms with van der Waals surface area (Å²) in [5, 5.41) is 2.89. The Balaban J connectivity index is 0.00000243. The number of anilines is 1. The predicted molar refractivity (Wildman–Crippen MR) is 103 cm³/mol. The summed E-state index contributed by atoms with van der Waals surface area (Å²) in [6, 6.07) is 7.66. The van der Waals surface area contributed by atoms with Crippen molar-refractivity contribution < 1.29 is 14.3 Å². The predicted octanol–water partition coefficient (Wildman–Crippen LogP) is 2.11. The van der Waals surface area contributed by atoms with Crippen LogP contribution in [0.1, 0.15) is 37.7 Å². The van der Waals surface area contributed by atoms with E-state index in [1.54, 1.807) is 0 Å². The summed E-state index contributed by atoms with van der Waals surface area (Å²) in [5.74, 6) is 0.0761. The van der Waals surface area contributed by atoms with E-state index in [1.807, 2.05) is 29.2 Å². The van der Waals surface area contributed by atoms with Crippen molar-refractivity contribution >= 4 is 29.9 Å². The molecule has 0 radical (unpaired) electrons. The van der Waals surface area contributed by atoms with Crippen molar-refractivity contribution in [2.75, 3.05) is 31.6 Å². The molecule has 0 spiro atoms. The fourth-order valence-electron chi connectivity index (χ4n) is 3.35. The van der Waals surface area contributed by atoms with E-state index in [0.717, 1.165) is 43.6 Å². The molecule has 7 heteroatoms. The number of carbonyl (C=O) groups is 2. The highest BCUT2D eigenvalue weighted by Gasteiger charge is 2.35. The Bertz CT molecular complexity index is 609. The van der Waals surface area contributed by atoms with Crippen molar-refractivity contribution in [2.45, 2.75) is 44.1 Å². The Morgan fingerprint density at radius 2 is 1.73 bits per heavy atom. The minimum Gasteiger partial charge on any atom is -0.381 e. The van der Waals surface area contributed by atoms with Crippen LogP contribution < -0.4 is 11.1 Å². The van der Waals surface area contributed by atoms with E-state index in [9.17, 15) is 9.59 Å². The second kappa shape index (κ2) is 9.35.